The normalized spacial score (nSPS) is 14.1. The van der Waals surface area contributed by atoms with Crippen LogP contribution in [0.1, 0.15) is 245 Å². The van der Waals surface area contributed by atoms with E-state index in [1.165, 1.54) is 186 Å². The number of hydrogen-bond acceptors (Lipinski definition) is 6. The molecule has 0 aliphatic carbocycles. The molecule has 0 saturated heterocycles. The van der Waals surface area contributed by atoms with Crippen LogP contribution in [0.4, 0.5) is 0 Å². The number of amides is 1. The highest BCUT2D eigenvalue weighted by Gasteiger charge is 2.26. The summed E-state index contributed by atoms with van der Waals surface area (Å²) in [5.41, 5.74) is 5.38. The van der Waals surface area contributed by atoms with Gasteiger partial charge in [0, 0.05) is 13.0 Å². The van der Waals surface area contributed by atoms with Crippen LogP contribution in [0.2, 0.25) is 0 Å². The molecule has 0 aromatic heterocycles. The summed E-state index contributed by atoms with van der Waals surface area (Å²) in [4.78, 5) is 22.8. The molecule has 0 radical (unpaired) electrons. The number of nitrogens with two attached hydrogens (primary N) is 1. The standard InChI is InChI=1S/C46H93N2O6P/c1-3-5-7-9-11-13-15-17-19-21-22-24-26-28-30-32-34-36-38-40-46(50)48-44(43-54-55(51,52)53-42-41-47)45(49)39-37-35-33-31-29-27-25-23-20-18-16-14-12-10-8-6-4-2/h37,39,44-45,49H,3-36,38,40-43,47H2,1-2H3,(H,48,50)(H,51,52)/b39-37+/t44-,45+/m0/s1. The lowest BCUT2D eigenvalue weighted by Crippen LogP contribution is -2.45. The van der Waals surface area contributed by atoms with Gasteiger partial charge in [-0.05, 0) is 19.3 Å². The van der Waals surface area contributed by atoms with Gasteiger partial charge < -0.3 is 21.1 Å². The molecule has 9 heteroatoms. The molecule has 1 amide bonds. The van der Waals surface area contributed by atoms with E-state index in [0.29, 0.717) is 6.42 Å². The molecule has 0 spiro atoms. The van der Waals surface area contributed by atoms with Crippen molar-refractivity contribution in [1.29, 1.82) is 0 Å². The van der Waals surface area contributed by atoms with Gasteiger partial charge in [-0.25, -0.2) is 4.57 Å². The predicted molar refractivity (Wildman–Crippen MR) is 235 cm³/mol. The molecule has 55 heavy (non-hydrogen) atoms. The molecule has 0 aliphatic heterocycles. The Morgan fingerprint density at radius 3 is 1.29 bits per heavy atom. The number of carbonyl (C=O) groups is 1. The minimum atomic E-state index is -4.34. The smallest absolute Gasteiger partial charge is 0.387 e. The average molecular weight is 801 g/mol. The fourth-order valence-electron chi connectivity index (χ4n) is 7.25. The molecule has 0 aromatic rings. The maximum absolute atomic E-state index is 12.8. The van der Waals surface area contributed by atoms with Crippen molar-refractivity contribution in [2.45, 2.75) is 257 Å². The molecule has 0 saturated carbocycles. The Morgan fingerprint density at radius 1 is 0.582 bits per heavy atom. The molecule has 0 aromatic carbocycles. The average Bonchev–Trinajstić information content (AvgIpc) is 3.17. The van der Waals surface area contributed by atoms with Crippen LogP contribution in [0, 0.1) is 0 Å². The van der Waals surface area contributed by atoms with Crippen molar-refractivity contribution in [1.82, 2.24) is 5.32 Å². The van der Waals surface area contributed by atoms with Gasteiger partial charge in [0.1, 0.15) is 0 Å². The Bertz CT molecular complexity index is 875. The van der Waals surface area contributed by atoms with E-state index in [1.54, 1.807) is 6.08 Å². The van der Waals surface area contributed by atoms with E-state index in [9.17, 15) is 19.4 Å². The van der Waals surface area contributed by atoms with Crippen LogP contribution in [-0.2, 0) is 18.4 Å². The topological polar surface area (TPSA) is 131 Å². The molecular weight excluding hydrogens is 707 g/mol. The summed E-state index contributed by atoms with van der Waals surface area (Å²) in [5.74, 6) is -0.189. The van der Waals surface area contributed by atoms with Gasteiger partial charge in [0.25, 0.3) is 0 Å². The quantitative estimate of drug-likeness (QED) is 0.0274. The lowest BCUT2D eigenvalue weighted by atomic mass is 10.0. The van der Waals surface area contributed by atoms with Crippen molar-refractivity contribution in [3.8, 4) is 0 Å². The third-order valence-corrected chi connectivity index (χ3v) is 11.8. The molecular formula is C46H93N2O6P. The fourth-order valence-corrected chi connectivity index (χ4v) is 8.01. The number of rotatable bonds is 45. The molecule has 0 rings (SSSR count). The van der Waals surface area contributed by atoms with Crippen molar-refractivity contribution >= 4 is 13.7 Å². The SMILES string of the molecule is CCCCCCCCCCCCCCCCC/C=C/[C@@H](O)[C@H](COP(=O)(O)OCCN)NC(=O)CCCCCCCCCCCCCCCCCCCCC. The summed E-state index contributed by atoms with van der Waals surface area (Å²) in [6.45, 7) is 4.17. The van der Waals surface area contributed by atoms with Crippen molar-refractivity contribution in [2.75, 3.05) is 19.8 Å². The first kappa shape index (κ1) is 54.2. The highest BCUT2D eigenvalue weighted by molar-refractivity contribution is 7.47. The van der Waals surface area contributed by atoms with Gasteiger partial charge in [0.2, 0.25) is 5.91 Å². The molecule has 0 fully saturated rings. The van der Waals surface area contributed by atoms with Crippen molar-refractivity contribution in [2.24, 2.45) is 5.73 Å². The van der Waals surface area contributed by atoms with Crippen LogP contribution in [0.3, 0.4) is 0 Å². The Labute approximate surface area is 341 Å². The summed E-state index contributed by atoms with van der Waals surface area (Å²) in [7, 11) is -4.34. The molecule has 0 aliphatic rings. The molecule has 5 N–H and O–H groups in total. The first-order chi connectivity index (χ1) is 26.9. The number of nitrogens with one attached hydrogen (secondary N) is 1. The predicted octanol–water partition coefficient (Wildman–Crippen LogP) is 13.6. The third kappa shape index (κ3) is 41.2. The Hall–Kier alpha value is -0.760. The number of phosphoric acid groups is 1. The maximum Gasteiger partial charge on any atom is 0.472 e. The number of hydrogen-bond donors (Lipinski definition) is 4. The van der Waals surface area contributed by atoms with E-state index in [4.69, 9.17) is 14.8 Å². The molecule has 0 bridgehead atoms. The summed E-state index contributed by atoms with van der Waals surface area (Å²) < 4.78 is 22.2. The Balaban J connectivity index is 4.12. The second kappa shape index (κ2) is 42.8. The van der Waals surface area contributed by atoms with Crippen LogP contribution in [0.5, 0.6) is 0 Å². The number of unbranched alkanes of at least 4 members (excludes halogenated alkanes) is 33. The van der Waals surface area contributed by atoms with Crippen molar-refractivity contribution in [3.63, 3.8) is 0 Å². The molecule has 3 atom stereocenters. The monoisotopic (exact) mass is 801 g/mol. The van der Waals surface area contributed by atoms with Gasteiger partial charge in [-0.2, -0.15) is 0 Å². The van der Waals surface area contributed by atoms with E-state index in [0.717, 1.165) is 38.5 Å². The van der Waals surface area contributed by atoms with Gasteiger partial charge in [-0.3, -0.25) is 13.8 Å². The van der Waals surface area contributed by atoms with E-state index >= 15 is 0 Å². The summed E-state index contributed by atoms with van der Waals surface area (Å²) in [6.07, 6.45) is 48.3. The summed E-state index contributed by atoms with van der Waals surface area (Å²) in [6, 6.07) is -0.855. The number of carbonyl (C=O) groups excluding carboxylic acids is 1. The first-order valence-electron chi connectivity index (χ1n) is 23.8. The second-order valence-corrected chi connectivity index (χ2v) is 17.8. The Kier molecular flexibility index (Phi) is 42.2. The van der Waals surface area contributed by atoms with Gasteiger partial charge in [0.15, 0.2) is 0 Å². The highest BCUT2D eigenvalue weighted by atomic mass is 31.2. The van der Waals surface area contributed by atoms with Gasteiger partial charge in [-0.1, -0.05) is 231 Å². The van der Waals surface area contributed by atoms with Crippen LogP contribution in [0.25, 0.3) is 0 Å². The zero-order chi connectivity index (χ0) is 40.3. The maximum atomic E-state index is 12.8. The lowest BCUT2D eigenvalue weighted by Gasteiger charge is -2.23. The number of phosphoric ester groups is 1. The first-order valence-corrected chi connectivity index (χ1v) is 25.3. The molecule has 8 nitrogen and oxygen atoms in total. The van der Waals surface area contributed by atoms with Crippen LogP contribution < -0.4 is 11.1 Å². The number of allylic oxidation sites excluding steroid dienone is 1. The largest absolute Gasteiger partial charge is 0.472 e. The van der Waals surface area contributed by atoms with Crippen LogP contribution in [-0.4, -0.2) is 47.8 Å². The summed E-state index contributed by atoms with van der Waals surface area (Å²) >= 11 is 0. The number of aliphatic hydroxyl groups excluding tert-OH is 1. The summed E-state index contributed by atoms with van der Waals surface area (Å²) in [5, 5.41) is 13.7. The number of aliphatic hydroxyl groups is 1. The minimum Gasteiger partial charge on any atom is -0.387 e. The molecule has 328 valence electrons. The lowest BCUT2D eigenvalue weighted by molar-refractivity contribution is -0.123. The van der Waals surface area contributed by atoms with Gasteiger partial charge in [-0.15, -0.1) is 0 Å². The van der Waals surface area contributed by atoms with E-state index in [-0.39, 0.29) is 25.7 Å². The van der Waals surface area contributed by atoms with E-state index < -0.39 is 20.0 Å². The Morgan fingerprint density at radius 2 is 0.927 bits per heavy atom. The highest BCUT2D eigenvalue weighted by Crippen LogP contribution is 2.43. The zero-order valence-electron chi connectivity index (χ0n) is 36.4. The van der Waals surface area contributed by atoms with Gasteiger partial charge >= 0.3 is 7.82 Å². The van der Waals surface area contributed by atoms with Gasteiger partial charge in [0.05, 0.1) is 25.4 Å². The fraction of sp³-hybridized carbons (Fsp3) is 0.935. The van der Waals surface area contributed by atoms with Crippen molar-refractivity contribution < 1.29 is 28.4 Å². The molecule has 0 heterocycles. The minimum absolute atomic E-state index is 0.0815. The van der Waals surface area contributed by atoms with Crippen LogP contribution in [0.15, 0.2) is 12.2 Å². The second-order valence-electron chi connectivity index (χ2n) is 16.3. The van der Waals surface area contributed by atoms with Crippen LogP contribution >= 0.6 is 7.82 Å². The zero-order valence-corrected chi connectivity index (χ0v) is 37.3. The van der Waals surface area contributed by atoms with Crippen molar-refractivity contribution in [3.05, 3.63) is 12.2 Å². The third-order valence-electron chi connectivity index (χ3n) is 10.9. The molecule has 1 unspecified atom stereocenters. The van der Waals surface area contributed by atoms with E-state index in [1.807, 2.05) is 6.08 Å². The van der Waals surface area contributed by atoms with E-state index in [2.05, 4.69) is 19.2 Å².